The molecule has 2 aliphatic heterocycles. The van der Waals surface area contributed by atoms with Gasteiger partial charge in [-0.1, -0.05) is 0 Å². The van der Waals surface area contributed by atoms with Crippen molar-refractivity contribution in [3.05, 3.63) is 24.2 Å². The maximum atomic E-state index is 13.4. The van der Waals surface area contributed by atoms with E-state index in [1.807, 2.05) is 6.92 Å². The predicted molar refractivity (Wildman–Crippen MR) is 106 cm³/mol. The minimum absolute atomic E-state index is 0.0219. The average Bonchev–Trinajstić information content (AvgIpc) is 3.20. The molecule has 172 valence electrons. The SMILES string of the molecule is C[C@H]1CCN1c1nc(-c2cnn(CC(=O)N3CCN(C(=O)O)CC3)c2)cc(C(F)(F)F)n1. The fourth-order valence-corrected chi connectivity index (χ4v) is 3.64. The fourth-order valence-electron chi connectivity index (χ4n) is 3.64. The van der Waals surface area contributed by atoms with Crippen LogP contribution in [0.2, 0.25) is 0 Å². The Morgan fingerprint density at radius 1 is 1.12 bits per heavy atom. The van der Waals surface area contributed by atoms with Crippen molar-refractivity contribution in [2.45, 2.75) is 32.1 Å². The van der Waals surface area contributed by atoms with Crippen molar-refractivity contribution >= 4 is 17.9 Å². The molecule has 10 nitrogen and oxygen atoms in total. The average molecular weight is 453 g/mol. The van der Waals surface area contributed by atoms with Crippen molar-refractivity contribution in [2.75, 3.05) is 37.6 Å². The van der Waals surface area contributed by atoms with Gasteiger partial charge >= 0.3 is 12.3 Å². The Morgan fingerprint density at radius 3 is 2.38 bits per heavy atom. The van der Waals surface area contributed by atoms with Gasteiger partial charge in [0.1, 0.15) is 6.54 Å². The topological polar surface area (TPSA) is 108 Å². The minimum Gasteiger partial charge on any atom is -0.465 e. The van der Waals surface area contributed by atoms with Crippen molar-refractivity contribution < 1.29 is 27.9 Å². The Labute approximate surface area is 181 Å². The lowest BCUT2D eigenvalue weighted by Crippen LogP contribution is -2.51. The van der Waals surface area contributed by atoms with Crippen molar-refractivity contribution in [3.8, 4) is 11.3 Å². The molecule has 1 atom stereocenters. The van der Waals surface area contributed by atoms with Crippen molar-refractivity contribution in [1.29, 1.82) is 0 Å². The normalized spacial score (nSPS) is 19.1. The molecule has 2 aliphatic rings. The van der Waals surface area contributed by atoms with Gasteiger partial charge in [-0.15, -0.1) is 0 Å². The summed E-state index contributed by atoms with van der Waals surface area (Å²) in [6, 6.07) is 0.940. The number of halogens is 3. The van der Waals surface area contributed by atoms with E-state index in [1.54, 1.807) is 4.90 Å². The summed E-state index contributed by atoms with van der Waals surface area (Å²) in [6.07, 6.45) is -1.96. The van der Waals surface area contributed by atoms with Crippen LogP contribution in [-0.2, 0) is 17.5 Å². The Hall–Kier alpha value is -3.38. The van der Waals surface area contributed by atoms with Crippen molar-refractivity contribution in [2.24, 2.45) is 0 Å². The van der Waals surface area contributed by atoms with Gasteiger partial charge < -0.3 is 19.8 Å². The largest absolute Gasteiger partial charge is 0.465 e. The molecule has 0 radical (unpaired) electrons. The van der Waals surface area contributed by atoms with E-state index in [9.17, 15) is 22.8 Å². The molecule has 2 fully saturated rings. The lowest BCUT2D eigenvalue weighted by molar-refractivity contribution is -0.141. The number of rotatable bonds is 4. The molecule has 2 amide bonds. The van der Waals surface area contributed by atoms with E-state index in [-0.39, 0.29) is 56.3 Å². The van der Waals surface area contributed by atoms with Crippen LogP contribution in [0.25, 0.3) is 11.3 Å². The summed E-state index contributed by atoms with van der Waals surface area (Å²) in [5.41, 5.74) is -0.609. The lowest BCUT2D eigenvalue weighted by Gasteiger charge is -2.38. The third-order valence-electron chi connectivity index (χ3n) is 5.71. The molecular weight excluding hydrogens is 431 g/mol. The molecule has 0 aliphatic carbocycles. The maximum Gasteiger partial charge on any atom is 0.433 e. The highest BCUT2D eigenvalue weighted by Gasteiger charge is 2.36. The number of carboxylic acid groups (broad SMARTS) is 1. The molecule has 2 aromatic heterocycles. The Bertz CT molecular complexity index is 1020. The summed E-state index contributed by atoms with van der Waals surface area (Å²) >= 11 is 0. The van der Waals surface area contributed by atoms with Crippen molar-refractivity contribution in [1.82, 2.24) is 29.5 Å². The van der Waals surface area contributed by atoms with Gasteiger partial charge in [0.15, 0.2) is 5.69 Å². The number of carbonyl (C=O) groups is 2. The number of carbonyl (C=O) groups excluding carboxylic acids is 1. The van der Waals surface area contributed by atoms with Crippen LogP contribution in [0, 0.1) is 0 Å². The van der Waals surface area contributed by atoms with Gasteiger partial charge in [0.05, 0.1) is 11.9 Å². The summed E-state index contributed by atoms with van der Waals surface area (Å²) in [5, 5.41) is 13.1. The highest BCUT2D eigenvalue weighted by Crippen LogP contribution is 2.33. The summed E-state index contributed by atoms with van der Waals surface area (Å²) in [4.78, 5) is 36.0. The summed E-state index contributed by atoms with van der Waals surface area (Å²) < 4.78 is 41.5. The molecule has 0 bridgehead atoms. The van der Waals surface area contributed by atoms with Crippen LogP contribution in [0.5, 0.6) is 0 Å². The molecular formula is C19H22F3N7O3. The molecule has 13 heteroatoms. The van der Waals surface area contributed by atoms with E-state index >= 15 is 0 Å². The number of alkyl halides is 3. The van der Waals surface area contributed by atoms with Gasteiger partial charge in [0.25, 0.3) is 0 Å². The number of hydrogen-bond donors (Lipinski definition) is 1. The van der Waals surface area contributed by atoms with Gasteiger partial charge in [-0.3, -0.25) is 9.48 Å². The quantitative estimate of drug-likeness (QED) is 0.752. The zero-order valence-corrected chi connectivity index (χ0v) is 17.3. The van der Waals surface area contributed by atoms with E-state index in [0.29, 0.717) is 12.1 Å². The maximum absolute atomic E-state index is 13.4. The highest BCUT2D eigenvalue weighted by molar-refractivity contribution is 5.76. The van der Waals surface area contributed by atoms with E-state index in [1.165, 1.54) is 26.9 Å². The van der Waals surface area contributed by atoms with Crippen LogP contribution in [0.15, 0.2) is 18.5 Å². The minimum atomic E-state index is -4.62. The van der Waals surface area contributed by atoms with Gasteiger partial charge in [-0.2, -0.15) is 18.3 Å². The smallest absolute Gasteiger partial charge is 0.433 e. The Morgan fingerprint density at radius 2 is 1.81 bits per heavy atom. The summed E-state index contributed by atoms with van der Waals surface area (Å²) in [5.74, 6) is -0.229. The predicted octanol–water partition coefficient (Wildman–Crippen LogP) is 1.78. The first-order chi connectivity index (χ1) is 15.1. The molecule has 0 saturated carbocycles. The number of nitrogens with zero attached hydrogens (tertiary/aromatic N) is 7. The second-order valence-corrected chi connectivity index (χ2v) is 7.84. The third kappa shape index (κ3) is 4.46. The summed E-state index contributed by atoms with van der Waals surface area (Å²) in [7, 11) is 0. The van der Waals surface area contributed by atoms with Gasteiger partial charge in [-0.05, 0) is 19.4 Å². The van der Waals surface area contributed by atoms with Gasteiger partial charge in [0, 0.05) is 50.5 Å². The molecule has 2 saturated heterocycles. The Kier molecular flexibility index (Phi) is 5.65. The molecule has 32 heavy (non-hydrogen) atoms. The van der Waals surface area contributed by atoms with Crippen LogP contribution in [0.4, 0.5) is 23.9 Å². The van der Waals surface area contributed by atoms with E-state index in [4.69, 9.17) is 5.11 Å². The highest BCUT2D eigenvalue weighted by atomic mass is 19.4. The Balaban J connectivity index is 1.50. The molecule has 2 aromatic rings. The lowest BCUT2D eigenvalue weighted by atomic mass is 10.1. The van der Waals surface area contributed by atoms with Crippen LogP contribution < -0.4 is 4.90 Å². The molecule has 0 aromatic carbocycles. The number of aromatic nitrogens is 4. The van der Waals surface area contributed by atoms with Crippen LogP contribution in [-0.4, -0.2) is 85.4 Å². The number of hydrogen-bond acceptors (Lipinski definition) is 6. The summed E-state index contributed by atoms with van der Waals surface area (Å²) in [6.45, 7) is 3.38. The molecule has 0 spiro atoms. The zero-order chi connectivity index (χ0) is 23.0. The number of anilines is 1. The van der Waals surface area contributed by atoms with Gasteiger partial charge in [-0.25, -0.2) is 14.8 Å². The van der Waals surface area contributed by atoms with E-state index in [2.05, 4.69) is 15.1 Å². The second-order valence-electron chi connectivity index (χ2n) is 7.84. The molecule has 0 unspecified atom stereocenters. The van der Waals surface area contributed by atoms with Gasteiger partial charge in [0.2, 0.25) is 11.9 Å². The molecule has 4 rings (SSSR count). The molecule has 1 N–H and O–H groups in total. The fraction of sp³-hybridized carbons (Fsp3) is 0.526. The second kappa shape index (κ2) is 8.28. The van der Waals surface area contributed by atoms with E-state index in [0.717, 1.165) is 12.5 Å². The van der Waals surface area contributed by atoms with Crippen LogP contribution in [0.3, 0.4) is 0 Å². The first-order valence-corrected chi connectivity index (χ1v) is 10.1. The first-order valence-electron chi connectivity index (χ1n) is 10.1. The number of piperazine rings is 1. The van der Waals surface area contributed by atoms with Crippen LogP contribution in [0.1, 0.15) is 19.0 Å². The zero-order valence-electron chi connectivity index (χ0n) is 17.3. The standard InChI is InChI=1S/C19H22F3N7O3/c1-12-2-3-29(12)17-24-14(8-15(25-17)19(20,21)22)13-9-23-28(10-13)11-16(30)26-4-6-27(7-5-26)18(31)32/h8-10,12H,2-7,11H2,1H3,(H,31,32)/t12-/m0/s1. The number of amides is 2. The first kappa shape index (κ1) is 21.8. The van der Waals surface area contributed by atoms with E-state index < -0.39 is 18.0 Å². The third-order valence-corrected chi connectivity index (χ3v) is 5.71. The van der Waals surface area contributed by atoms with Crippen molar-refractivity contribution in [3.63, 3.8) is 0 Å². The monoisotopic (exact) mass is 453 g/mol. The molecule has 4 heterocycles. The van der Waals surface area contributed by atoms with Crippen LogP contribution >= 0.6 is 0 Å².